The fourth-order valence-electron chi connectivity index (χ4n) is 7.07. The van der Waals surface area contributed by atoms with Crippen molar-refractivity contribution >= 4 is 45.8 Å². The number of rotatable bonds is 5. The molecule has 0 radical (unpaired) electrons. The Hall–Kier alpha value is -4.49. The van der Waals surface area contributed by atoms with Crippen LogP contribution < -0.4 is 15.0 Å². The molecule has 1 saturated heterocycles. The summed E-state index contributed by atoms with van der Waals surface area (Å²) in [4.78, 5) is 46.5. The van der Waals surface area contributed by atoms with E-state index in [9.17, 15) is 14.4 Å². The molecule has 3 aliphatic heterocycles. The van der Waals surface area contributed by atoms with Crippen LogP contribution in [0.5, 0.6) is 5.75 Å². The SMILES string of the molecule is COc1cccc(C(=O)[C@@H]2[C@@H](C(=O)c3cccs3)N3c4ccc(C)cc4C(C)=C[C@@H]3[C@@]23C(=O)Nc2ccccc23)c1. The number of hydrogen-bond acceptors (Lipinski definition) is 6. The summed E-state index contributed by atoms with van der Waals surface area (Å²) in [6.45, 7) is 4.07. The Balaban J connectivity index is 1.56. The van der Waals surface area contributed by atoms with E-state index < -0.39 is 23.4 Å². The van der Waals surface area contributed by atoms with Gasteiger partial charge in [-0.1, -0.05) is 54.1 Å². The largest absolute Gasteiger partial charge is 0.497 e. The number of carbonyl (C=O) groups excluding carboxylic acids is 3. The molecule has 1 spiro atoms. The Morgan fingerprint density at radius 1 is 0.951 bits per heavy atom. The number of anilines is 2. The molecule has 4 atom stereocenters. The number of amides is 1. The van der Waals surface area contributed by atoms with Gasteiger partial charge in [-0.05, 0) is 66.8 Å². The molecule has 41 heavy (non-hydrogen) atoms. The number of fused-ring (bicyclic) bond motifs is 6. The number of aryl methyl sites for hydroxylation is 1. The van der Waals surface area contributed by atoms with Gasteiger partial charge in [0.2, 0.25) is 5.91 Å². The van der Waals surface area contributed by atoms with Gasteiger partial charge in [0, 0.05) is 22.5 Å². The molecule has 0 bridgehead atoms. The lowest BCUT2D eigenvalue weighted by Crippen LogP contribution is -2.51. The standard InChI is InChI=1S/C34H28N2O4S/c1-19-13-14-26-23(16-19)20(2)17-28-34(24-10-4-5-11-25(24)35-33(34)39)29(31(37)21-8-6-9-22(18-21)40-3)30(36(26)28)32(38)27-12-7-15-41-27/h4-18,28-30H,1-3H3,(H,35,39)/t28-,29+,30+,34-/m1/s1. The number of nitrogens with zero attached hydrogens (tertiary/aromatic N) is 1. The number of thiophene rings is 1. The number of benzene rings is 3. The fourth-order valence-corrected chi connectivity index (χ4v) is 7.76. The van der Waals surface area contributed by atoms with Gasteiger partial charge in [0.15, 0.2) is 11.6 Å². The van der Waals surface area contributed by atoms with Gasteiger partial charge in [-0.2, -0.15) is 0 Å². The van der Waals surface area contributed by atoms with Crippen molar-refractivity contribution in [3.63, 3.8) is 0 Å². The number of methoxy groups -OCH3 is 1. The molecular weight excluding hydrogens is 532 g/mol. The van der Waals surface area contributed by atoms with Crippen molar-refractivity contribution in [1.82, 2.24) is 0 Å². The van der Waals surface area contributed by atoms with Crippen molar-refractivity contribution in [1.29, 1.82) is 0 Å². The maximum Gasteiger partial charge on any atom is 0.238 e. The summed E-state index contributed by atoms with van der Waals surface area (Å²) in [7, 11) is 1.55. The summed E-state index contributed by atoms with van der Waals surface area (Å²) in [6, 6.07) is 22.8. The van der Waals surface area contributed by atoms with Gasteiger partial charge in [-0.15, -0.1) is 11.3 Å². The van der Waals surface area contributed by atoms with Crippen LogP contribution in [-0.2, 0) is 10.2 Å². The zero-order valence-electron chi connectivity index (χ0n) is 22.9. The zero-order valence-corrected chi connectivity index (χ0v) is 23.7. The van der Waals surface area contributed by atoms with Gasteiger partial charge in [-0.3, -0.25) is 14.4 Å². The molecular formula is C34H28N2O4S. The highest BCUT2D eigenvalue weighted by Crippen LogP contribution is 2.59. The number of nitrogens with one attached hydrogen (secondary N) is 1. The first-order valence-corrected chi connectivity index (χ1v) is 14.5. The summed E-state index contributed by atoms with van der Waals surface area (Å²) in [5.41, 5.74) is 4.44. The first-order valence-electron chi connectivity index (χ1n) is 13.6. The molecule has 204 valence electrons. The Morgan fingerprint density at radius 2 is 1.78 bits per heavy atom. The number of ether oxygens (including phenoxy) is 1. The summed E-state index contributed by atoms with van der Waals surface area (Å²) < 4.78 is 5.44. The average Bonchev–Trinajstić information content (AvgIpc) is 3.70. The van der Waals surface area contributed by atoms with E-state index in [-0.39, 0.29) is 17.5 Å². The minimum Gasteiger partial charge on any atom is -0.497 e. The van der Waals surface area contributed by atoms with Crippen LogP contribution in [0, 0.1) is 12.8 Å². The predicted octanol–water partition coefficient (Wildman–Crippen LogP) is 6.31. The Bertz CT molecular complexity index is 1770. The Kier molecular flexibility index (Phi) is 5.77. The van der Waals surface area contributed by atoms with E-state index in [2.05, 4.69) is 17.5 Å². The Morgan fingerprint density at radius 3 is 2.56 bits per heavy atom. The van der Waals surface area contributed by atoms with Gasteiger partial charge in [0.1, 0.15) is 17.2 Å². The summed E-state index contributed by atoms with van der Waals surface area (Å²) in [6.07, 6.45) is 2.08. The van der Waals surface area contributed by atoms with Gasteiger partial charge in [0.05, 0.1) is 23.9 Å². The third kappa shape index (κ3) is 3.51. The Labute approximate surface area is 242 Å². The molecule has 4 heterocycles. The highest BCUT2D eigenvalue weighted by atomic mass is 32.1. The van der Waals surface area contributed by atoms with Crippen molar-refractivity contribution in [2.45, 2.75) is 31.3 Å². The smallest absolute Gasteiger partial charge is 0.238 e. The highest BCUT2D eigenvalue weighted by molar-refractivity contribution is 7.12. The molecule has 0 saturated carbocycles. The number of carbonyl (C=O) groups is 3. The normalized spacial score (nSPS) is 23.9. The molecule has 4 aromatic rings. The van der Waals surface area contributed by atoms with Crippen molar-refractivity contribution in [3.05, 3.63) is 117 Å². The molecule has 6 nitrogen and oxygen atoms in total. The molecule has 7 heteroatoms. The maximum atomic E-state index is 14.9. The average molecular weight is 561 g/mol. The van der Waals surface area contributed by atoms with Crippen LogP contribution in [0.15, 0.2) is 90.3 Å². The van der Waals surface area contributed by atoms with E-state index in [1.807, 2.05) is 66.6 Å². The van der Waals surface area contributed by atoms with Crippen LogP contribution in [0.1, 0.15) is 43.6 Å². The van der Waals surface area contributed by atoms with Crippen LogP contribution in [-0.4, -0.2) is 36.7 Å². The number of ketones is 2. The quantitative estimate of drug-likeness (QED) is 0.290. The molecule has 3 aromatic carbocycles. The highest BCUT2D eigenvalue weighted by Gasteiger charge is 2.70. The van der Waals surface area contributed by atoms with Crippen LogP contribution in [0.2, 0.25) is 0 Å². The molecule has 1 aromatic heterocycles. The minimum atomic E-state index is -1.34. The summed E-state index contributed by atoms with van der Waals surface area (Å²) in [5, 5.41) is 4.95. The van der Waals surface area contributed by atoms with Crippen LogP contribution in [0.25, 0.3) is 5.57 Å². The summed E-state index contributed by atoms with van der Waals surface area (Å²) in [5.74, 6) is -1.17. The molecule has 1 amide bonds. The first-order chi connectivity index (χ1) is 19.9. The fraction of sp³-hybridized carbons (Fsp3) is 0.206. The number of Topliss-reactive ketones (excluding diaryl/α,β-unsaturated/α-hetero) is 2. The topological polar surface area (TPSA) is 75.7 Å². The van der Waals surface area contributed by atoms with Gasteiger partial charge < -0.3 is 15.0 Å². The number of allylic oxidation sites excluding steroid dienone is 1. The minimum absolute atomic E-state index is 0.167. The third-order valence-electron chi connectivity index (χ3n) is 8.80. The second-order valence-corrected chi connectivity index (χ2v) is 11.9. The third-order valence-corrected chi connectivity index (χ3v) is 9.69. The van der Waals surface area contributed by atoms with E-state index in [1.54, 1.807) is 37.4 Å². The van der Waals surface area contributed by atoms with E-state index >= 15 is 0 Å². The molecule has 1 fully saturated rings. The summed E-state index contributed by atoms with van der Waals surface area (Å²) >= 11 is 1.35. The first kappa shape index (κ1) is 25.5. The second-order valence-electron chi connectivity index (χ2n) is 11.0. The van der Waals surface area contributed by atoms with Crippen molar-refractivity contribution in [3.8, 4) is 5.75 Å². The van der Waals surface area contributed by atoms with E-state index in [0.717, 1.165) is 28.0 Å². The van der Waals surface area contributed by atoms with Gasteiger partial charge in [-0.25, -0.2) is 0 Å². The second kappa shape index (κ2) is 9.28. The van der Waals surface area contributed by atoms with E-state index in [1.165, 1.54) is 11.3 Å². The van der Waals surface area contributed by atoms with Crippen LogP contribution >= 0.6 is 11.3 Å². The molecule has 0 aliphatic carbocycles. The van der Waals surface area contributed by atoms with Crippen LogP contribution in [0.4, 0.5) is 11.4 Å². The van der Waals surface area contributed by atoms with Crippen LogP contribution in [0.3, 0.4) is 0 Å². The monoisotopic (exact) mass is 560 g/mol. The van der Waals surface area contributed by atoms with Crippen molar-refractivity contribution in [2.24, 2.45) is 5.92 Å². The maximum absolute atomic E-state index is 14.9. The molecule has 1 N–H and O–H groups in total. The molecule has 7 rings (SSSR count). The number of para-hydroxylation sites is 1. The van der Waals surface area contributed by atoms with E-state index in [0.29, 0.717) is 21.9 Å². The molecule has 3 aliphatic rings. The molecule has 0 unspecified atom stereocenters. The van der Waals surface area contributed by atoms with Crippen molar-refractivity contribution < 1.29 is 19.1 Å². The van der Waals surface area contributed by atoms with Crippen molar-refractivity contribution in [2.75, 3.05) is 17.3 Å². The number of hydrogen-bond donors (Lipinski definition) is 1. The lowest BCUT2D eigenvalue weighted by molar-refractivity contribution is -0.121. The lowest BCUT2D eigenvalue weighted by atomic mass is 9.64. The van der Waals surface area contributed by atoms with Gasteiger partial charge in [0.25, 0.3) is 0 Å². The zero-order chi connectivity index (χ0) is 28.5. The van der Waals surface area contributed by atoms with E-state index in [4.69, 9.17) is 4.74 Å². The lowest BCUT2D eigenvalue weighted by Gasteiger charge is -2.39. The predicted molar refractivity (Wildman–Crippen MR) is 161 cm³/mol. The van der Waals surface area contributed by atoms with Gasteiger partial charge >= 0.3 is 0 Å².